The van der Waals surface area contributed by atoms with Gasteiger partial charge in [0.15, 0.2) is 5.65 Å². The number of H-pyrrole nitrogens is 1. The van der Waals surface area contributed by atoms with Crippen LogP contribution in [0.25, 0.3) is 32.7 Å². The van der Waals surface area contributed by atoms with Gasteiger partial charge in [-0.1, -0.05) is 6.07 Å². The Balaban J connectivity index is 1.98. The molecule has 0 saturated heterocycles. The Hall–Kier alpha value is -2.87. The van der Waals surface area contributed by atoms with Gasteiger partial charge in [-0.3, -0.25) is 5.10 Å². The number of ether oxygens (including phenoxy) is 1. The minimum absolute atomic E-state index is 0.0362. The van der Waals surface area contributed by atoms with Crippen molar-refractivity contribution in [1.82, 2.24) is 15.2 Å². The molecule has 0 spiro atoms. The Morgan fingerprint density at radius 2 is 1.88 bits per heavy atom. The van der Waals surface area contributed by atoms with Gasteiger partial charge in [-0.15, -0.1) is 11.3 Å². The molecule has 0 aliphatic rings. The van der Waals surface area contributed by atoms with Crippen LogP contribution < -0.4 is 4.74 Å². The van der Waals surface area contributed by atoms with E-state index in [1.54, 1.807) is 31.4 Å². The van der Waals surface area contributed by atoms with Crippen LogP contribution in [0.15, 0.2) is 47.8 Å². The van der Waals surface area contributed by atoms with Gasteiger partial charge in [-0.2, -0.15) is 18.3 Å². The van der Waals surface area contributed by atoms with Crippen LogP contribution in [0, 0.1) is 0 Å². The molecule has 0 aliphatic heterocycles. The van der Waals surface area contributed by atoms with Crippen LogP contribution in [-0.4, -0.2) is 22.3 Å². The van der Waals surface area contributed by atoms with Gasteiger partial charge in [-0.25, -0.2) is 4.98 Å². The smallest absolute Gasteiger partial charge is 0.433 e. The van der Waals surface area contributed by atoms with Crippen molar-refractivity contribution in [3.8, 4) is 27.4 Å². The van der Waals surface area contributed by atoms with Crippen molar-refractivity contribution in [2.24, 2.45) is 0 Å². The lowest BCUT2D eigenvalue weighted by Crippen LogP contribution is -2.08. The number of fused-ring (bicyclic) bond motifs is 1. The predicted octanol–water partition coefficient (Wildman–Crippen LogP) is 5.38. The number of methoxy groups -OCH3 is 1. The predicted molar refractivity (Wildman–Crippen MR) is 94.2 cm³/mol. The zero-order valence-corrected chi connectivity index (χ0v) is 14.3. The highest BCUT2D eigenvalue weighted by atomic mass is 32.1. The molecule has 0 radical (unpaired) electrons. The minimum atomic E-state index is -4.54. The number of hydrogen-bond acceptors (Lipinski definition) is 4. The second-order valence-electron chi connectivity index (χ2n) is 5.56. The Labute approximate surface area is 150 Å². The number of hydrogen-bond donors (Lipinski definition) is 1. The summed E-state index contributed by atoms with van der Waals surface area (Å²) in [6.45, 7) is 0. The minimum Gasteiger partial charge on any atom is -0.497 e. The molecular formula is C18H12F3N3OS. The monoisotopic (exact) mass is 375 g/mol. The number of aromatic nitrogens is 3. The van der Waals surface area contributed by atoms with E-state index in [0.29, 0.717) is 22.4 Å². The molecule has 4 rings (SSSR count). The van der Waals surface area contributed by atoms with Gasteiger partial charge in [0.25, 0.3) is 0 Å². The van der Waals surface area contributed by atoms with E-state index >= 15 is 0 Å². The summed E-state index contributed by atoms with van der Waals surface area (Å²) in [7, 11) is 1.57. The maximum atomic E-state index is 13.2. The Morgan fingerprint density at radius 1 is 1.12 bits per heavy atom. The lowest BCUT2D eigenvalue weighted by molar-refractivity contribution is -0.140. The Bertz CT molecular complexity index is 1050. The summed E-state index contributed by atoms with van der Waals surface area (Å²) < 4.78 is 44.9. The molecule has 26 heavy (non-hydrogen) atoms. The fourth-order valence-corrected chi connectivity index (χ4v) is 3.51. The first-order valence-corrected chi connectivity index (χ1v) is 8.50. The highest BCUT2D eigenvalue weighted by Crippen LogP contribution is 2.40. The highest BCUT2D eigenvalue weighted by Gasteiger charge is 2.34. The van der Waals surface area contributed by atoms with E-state index in [2.05, 4.69) is 15.2 Å². The molecule has 1 aromatic carbocycles. The van der Waals surface area contributed by atoms with E-state index in [9.17, 15) is 13.2 Å². The van der Waals surface area contributed by atoms with Gasteiger partial charge >= 0.3 is 6.18 Å². The van der Waals surface area contributed by atoms with Crippen LogP contribution in [0.4, 0.5) is 13.2 Å². The summed E-state index contributed by atoms with van der Waals surface area (Å²) in [5, 5.41) is 9.23. The Kier molecular flexibility index (Phi) is 3.91. The van der Waals surface area contributed by atoms with Crippen molar-refractivity contribution in [2.45, 2.75) is 6.18 Å². The fourth-order valence-electron chi connectivity index (χ4n) is 2.76. The third-order valence-electron chi connectivity index (χ3n) is 3.98. The number of halogens is 3. The van der Waals surface area contributed by atoms with Gasteiger partial charge in [0.1, 0.15) is 11.4 Å². The zero-order chi connectivity index (χ0) is 18.3. The number of thiophene rings is 1. The van der Waals surface area contributed by atoms with Gasteiger partial charge in [-0.05, 0) is 41.8 Å². The van der Waals surface area contributed by atoms with Crippen LogP contribution in [-0.2, 0) is 6.18 Å². The second kappa shape index (κ2) is 6.14. The second-order valence-corrected chi connectivity index (χ2v) is 6.50. The molecule has 4 aromatic rings. The summed E-state index contributed by atoms with van der Waals surface area (Å²) in [6, 6.07) is 11.9. The topological polar surface area (TPSA) is 50.8 Å². The van der Waals surface area contributed by atoms with Crippen molar-refractivity contribution in [3.63, 3.8) is 0 Å². The quantitative estimate of drug-likeness (QED) is 0.523. The molecule has 0 aliphatic carbocycles. The summed E-state index contributed by atoms with van der Waals surface area (Å²) in [5.41, 5.74) is 0.937. The van der Waals surface area contributed by atoms with E-state index in [0.717, 1.165) is 16.5 Å². The molecule has 4 nitrogen and oxygen atoms in total. The molecule has 0 fully saturated rings. The normalized spacial score (nSPS) is 11.8. The third kappa shape index (κ3) is 2.82. The first kappa shape index (κ1) is 16.6. The summed E-state index contributed by atoms with van der Waals surface area (Å²) >= 11 is 1.37. The molecule has 0 saturated carbocycles. The van der Waals surface area contributed by atoms with Gasteiger partial charge < -0.3 is 4.74 Å². The summed E-state index contributed by atoms with van der Waals surface area (Å²) in [4.78, 5) is 4.43. The Morgan fingerprint density at radius 3 is 2.50 bits per heavy atom. The van der Waals surface area contributed by atoms with E-state index in [1.165, 1.54) is 11.3 Å². The van der Waals surface area contributed by atoms with Crippen molar-refractivity contribution >= 4 is 22.4 Å². The molecule has 3 aromatic heterocycles. The number of rotatable bonds is 3. The number of nitrogens with one attached hydrogen (secondary N) is 1. The lowest BCUT2D eigenvalue weighted by atomic mass is 10.0. The molecule has 0 unspecified atom stereocenters. The fraction of sp³-hybridized carbons (Fsp3) is 0.111. The largest absolute Gasteiger partial charge is 0.497 e. The highest BCUT2D eigenvalue weighted by molar-refractivity contribution is 7.13. The first-order chi connectivity index (χ1) is 12.5. The zero-order valence-electron chi connectivity index (χ0n) is 13.5. The molecule has 0 amide bonds. The standard InChI is InChI=1S/C18H12F3N3OS/c1-25-11-6-4-10(5-7-11)16-15-12(13-3-2-8-26-13)9-14(18(19,20)21)22-17(15)24-23-16/h2-9H,1H3,(H,22,23,24). The molecule has 8 heteroatoms. The number of pyridine rings is 1. The molecular weight excluding hydrogens is 363 g/mol. The SMILES string of the molecule is COc1ccc(-c2[nH]nc3nc(C(F)(F)F)cc(-c4cccs4)c23)cc1. The van der Waals surface area contributed by atoms with E-state index in [1.807, 2.05) is 17.5 Å². The van der Waals surface area contributed by atoms with E-state index in [4.69, 9.17) is 4.74 Å². The van der Waals surface area contributed by atoms with E-state index < -0.39 is 11.9 Å². The van der Waals surface area contributed by atoms with Crippen LogP contribution in [0.5, 0.6) is 5.75 Å². The molecule has 1 N–H and O–H groups in total. The third-order valence-corrected chi connectivity index (χ3v) is 4.88. The summed E-state index contributed by atoms with van der Waals surface area (Å²) in [5.74, 6) is 0.688. The van der Waals surface area contributed by atoms with Crippen molar-refractivity contribution in [1.29, 1.82) is 0 Å². The van der Waals surface area contributed by atoms with Gasteiger partial charge in [0.2, 0.25) is 0 Å². The number of alkyl halides is 3. The first-order valence-electron chi connectivity index (χ1n) is 7.62. The van der Waals surface area contributed by atoms with Gasteiger partial charge in [0, 0.05) is 16.0 Å². The van der Waals surface area contributed by atoms with Crippen LogP contribution in [0.3, 0.4) is 0 Å². The molecule has 0 atom stereocenters. The molecule has 3 heterocycles. The summed E-state index contributed by atoms with van der Waals surface area (Å²) in [6.07, 6.45) is -4.54. The average Bonchev–Trinajstić information content (AvgIpc) is 3.30. The number of benzene rings is 1. The van der Waals surface area contributed by atoms with Crippen molar-refractivity contribution in [3.05, 3.63) is 53.5 Å². The van der Waals surface area contributed by atoms with Crippen molar-refractivity contribution in [2.75, 3.05) is 7.11 Å². The van der Waals surface area contributed by atoms with Crippen LogP contribution in [0.1, 0.15) is 5.69 Å². The van der Waals surface area contributed by atoms with Crippen molar-refractivity contribution < 1.29 is 17.9 Å². The van der Waals surface area contributed by atoms with Crippen LogP contribution in [0.2, 0.25) is 0 Å². The number of aromatic amines is 1. The van der Waals surface area contributed by atoms with Gasteiger partial charge in [0.05, 0.1) is 18.2 Å². The van der Waals surface area contributed by atoms with Crippen LogP contribution >= 0.6 is 11.3 Å². The molecule has 132 valence electrons. The molecule has 0 bridgehead atoms. The lowest BCUT2D eigenvalue weighted by Gasteiger charge is -2.09. The number of nitrogens with zero attached hydrogens (tertiary/aromatic N) is 2. The van der Waals surface area contributed by atoms with E-state index in [-0.39, 0.29) is 5.65 Å². The average molecular weight is 375 g/mol. The maximum Gasteiger partial charge on any atom is 0.433 e. The maximum absolute atomic E-state index is 13.2.